The van der Waals surface area contributed by atoms with Crippen molar-refractivity contribution in [1.82, 2.24) is 10.2 Å². The minimum atomic E-state index is -0.531. The normalized spacial score (nSPS) is 16.1. The molecule has 1 N–H and O–H groups in total. The van der Waals surface area contributed by atoms with Crippen molar-refractivity contribution < 1.29 is 18.7 Å². The summed E-state index contributed by atoms with van der Waals surface area (Å²) < 4.78 is 18.2. The van der Waals surface area contributed by atoms with E-state index in [1.807, 2.05) is 13.8 Å². The molecule has 5 nitrogen and oxygen atoms in total. The lowest BCUT2D eigenvalue weighted by Crippen LogP contribution is -2.52. The van der Waals surface area contributed by atoms with Crippen molar-refractivity contribution in [2.24, 2.45) is 5.92 Å². The first-order valence-electron chi connectivity index (χ1n) is 8.36. The van der Waals surface area contributed by atoms with Gasteiger partial charge in [-0.25, -0.2) is 4.39 Å². The van der Waals surface area contributed by atoms with Crippen LogP contribution in [-0.4, -0.2) is 49.1 Å². The molecular formula is C18H25FN2O3. The zero-order valence-corrected chi connectivity index (χ0v) is 14.3. The Bertz CT molecular complexity index is 554. The van der Waals surface area contributed by atoms with Crippen LogP contribution < -0.4 is 5.32 Å². The maximum Gasteiger partial charge on any atom is 0.245 e. The van der Waals surface area contributed by atoms with Gasteiger partial charge < -0.3 is 15.0 Å². The summed E-state index contributed by atoms with van der Waals surface area (Å²) in [6.07, 6.45) is 0.719. The molecule has 6 heteroatoms. The van der Waals surface area contributed by atoms with Crippen molar-refractivity contribution in [2.75, 3.05) is 26.3 Å². The van der Waals surface area contributed by atoms with Crippen LogP contribution >= 0.6 is 0 Å². The molecule has 1 aliphatic rings. The van der Waals surface area contributed by atoms with Gasteiger partial charge in [-0.2, -0.15) is 0 Å². The van der Waals surface area contributed by atoms with Gasteiger partial charge in [-0.3, -0.25) is 9.59 Å². The van der Waals surface area contributed by atoms with Crippen LogP contribution in [0.15, 0.2) is 24.3 Å². The standard InChI is InChI=1S/C18H25FN2O3/c1-13(2)11-16(18(23)21-7-9-24-10-8-21)20-17(22)12-14-3-5-15(19)6-4-14/h3-6,13,16H,7-12H2,1-2H3,(H,20,22)/t16-/m1/s1. The highest BCUT2D eigenvalue weighted by atomic mass is 19.1. The lowest BCUT2D eigenvalue weighted by molar-refractivity contribution is -0.140. The van der Waals surface area contributed by atoms with E-state index in [1.165, 1.54) is 12.1 Å². The third-order valence-corrected chi connectivity index (χ3v) is 3.94. The molecule has 1 fully saturated rings. The number of rotatable bonds is 6. The lowest BCUT2D eigenvalue weighted by Gasteiger charge is -2.31. The molecule has 2 rings (SSSR count). The van der Waals surface area contributed by atoms with Gasteiger partial charge in [-0.05, 0) is 30.0 Å². The van der Waals surface area contributed by atoms with Gasteiger partial charge in [-0.15, -0.1) is 0 Å². The van der Waals surface area contributed by atoms with E-state index in [0.29, 0.717) is 32.7 Å². The highest BCUT2D eigenvalue weighted by Gasteiger charge is 2.27. The van der Waals surface area contributed by atoms with Crippen LogP contribution in [0.25, 0.3) is 0 Å². The van der Waals surface area contributed by atoms with Crippen molar-refractivity contribution >= 4 is 11.8 Å². The van der Waals surface area contributed by atoms with E-state index in [1.54, 1.807) is 17.0 Å². The molecular weight excluding hydrogens is 311 g/mol. The number of amides is 2. The topological polar surface area (TPSA) is 58.6 Å². The Hall–Kier alpha value is -1.95. The van der Waals surface area contributed by atoms with E-state index in [0.717, 1.165) is 5.56 Å². The van der Waals surface area contributed by atoms with Crippen molar-refractivity contribution in [3.8, 4) is 0 Å². The zero-order valence-electron chi connectivity index (χ0n) is 14.3. The number of nitrogens with one attached hydrogen (secondary N) is 1. The predicted molar refractivity (Wildman–Crippen MR) is 88.9 cm³/mol. The number of morpholine rings is 1. The minimum Gasteiger partial charge on any atom is -0.378 e. The van der Waals surface area contributed by atoms with Gasteiger partial charge in [-0.1, -0.05) is 26.0 Å². The largest absolute Gasteiger partial charge is 0.378 e. The molecule has 24 heavy (non-hydrogen) atoms. The molecule has 1 aromatic rings. The molecule has 0 spiro atoms. The van der Waals surface area contributed by atoms with Gasteiger partial charge in [0.2, 0.25) is 11.8 Å². The fraction of sp³-hybridized carbons (Fsp3) is 0.556. The second-order valence-electron chi connectivity index (χ2n) is 6.49. The molecule has 1 aliphatic heterocycles. The van der Waals surface area contributed by atoms with Crippen LogP contribution in [0.5, 0.6) is 0 Å². The second kappa shape index (κ2) is 8.78. The number of nitrogens with zero attached hydrogens (tertiary/aromatic N) is 1. The van der Waals surface area contributed by atoms with E-state index in [9.17, 15) is 14.0 Å². The van der Waals surface area contributed by atoms with E-state index in [-0.39, 0.29) is 30.0 Å². The van der Waals surface area contributed by atoms with Crippen molar-refractivity contribution in [3.63, 3.8) is 0 Å². The molecule has 0 bridgehead atoms. The van der Waals surface area contributed by atoms with E-state index in [2.05, 4.69) is 5.32 Å². The summed E-state index contributed by atoms with van der Waals surface area (Å²) in [5.41, 5.74) is 0.719. The van der Waals surface area contributed by atoms with E-state index < -0.39 is 6.04 Å². The molecule has 132 valence electrons. The summed E-state index contributed by atoms with van der Waals surface area (Å²) in [5.74, 6) is -0.334. The van der Waals surface area contributed by atoms with Crippen LogP contribution in [0.2, 0.25) is 0 Å². The zero-order chi connectivity index (χ0) is 17.5. The third kappa shape index (κ3) is 5.60. The van der Waals surface area contributed by atoms with E-state index >= 15 is 0 Å². The van der Waals surface area contributed by atoms with Crippen molar-refractivity contribution in [2.45, 2.75) is 32.7 Å². The van der Waals surface area contributed by atoms with Crippen LogP contribution in [0.1, 0.15) is 25.8 Å². The quantitative estimate of drug-likeness (QED) is 0.861. The van der Waals surface area contributed by atoms with Crippen LogP contribution in [0.4, 0.5) is 4.39 Å². The van der Waals surface area contributed by atoms with Gasteiger partial charge in [0.25, 0.3) is 0 Å². The fourth-order valence-electron chi connectivity index (χ4n) is 2.73. The Morgan fingerprint density at radius 2 is 1.83 bits per heavy atom. The minimum absolute atomic E-state index is 0.0561. The molecule has 1 atom stereocenters. The van der Waals surface area contributed by atoms with Crippen LogP contribution in [-0.2, 0) is 20.7 Å². The van der Waals surface area contributed by atoms with Crippen molar-refractivity contribution in [1.29, 1.82) is 0 Å². The highest BCUT2D eigenvalue weighted by molar-refractivity contribution is 5.88. The number of hydrogen-bond acceptors (Lipinski definition) is 3. The van der Waals surface area contributed by atoms with Crippen LogP contribution in [0.3, 0.4) is 0 Å². The molecule has 0 aliphatic carbocycles. The summed E-state index contributed by atoms with van der Waals surface area (Å²) >= 11 is 0. The smallest absolute Gasteiger partial charge is 0.245 e. The third-order valence-electron chi connectivity index (χ3n) is 3.94. The monoisotopic (exact) mass is 336 g/mol. The average Bonchev–Trinajstić information content (AvgIpc) is 2.56. The van der Waals surface area contributed by atoms with Gasteiger partial charge >= 0.3 is 0 Å². The number of carbonyl (C=O) groups excluding carboxylic acids is 2. The number of halogens is 1. The number of carbonyl (C=O) groups is 2. The Morgan fingerprint density at radius 3 is 2.42 bits per heavy atom. The summed E-state index contributed by atoms with van der Waals surface area (Å²) in [6.45, 7) is 6.22. The second-order valence-corrected chi connectivity index (χ2v) is 6.49. The SMILES string of the molecule is CC(C)C[C@@H](NC(=O)Cc1ccc(F)cc1)C(=O)N1CCOCC1. The number of hydrogen-bond donors (Lipinski definition) is 1. The average molecular weight is 336 g/mol. The molecule has 0 saturated carbocycles. The van der Waals surface area contributed by atoms with Gasteiger partial charge in [0.1, 0.15) is 11.9 Å². The van der Waals surface area contributed by atoms with Crippen LogP contribution in [0, 0.1) is 11.7 Å². The summed E-state index contributed by atoms with van der Waals surface area (Å²) in [5, 5.41) is 2.84. The first-order chi connectivity index (χ1) is 11.5. The molecule has 0 unspecified atom stereocenters. The molecule has 0 radical (unpaired) electrons. The fourth-order valence-corrected chi connectivity index (χ4v) is 2.73. The summed E-state index contributed by atoms with van der Waals surface area (Å²) in [7, 11) is 0. The Morgan fingerprint density at radius 1 is 1.21 bits per heavy atom. The van der Waals surface area contributed by atoms with Gasteiger partial charge in [0.15, 0.2) is 0 Å². The lowest BCUT2D eigenvalue weighted by atomic mass is 10.0. The number of ether oxygens (including phenoxy) is 1. The highest BCUT2D eigenvalue weighted by Crippen LogP contribution is 2.11. The van der Waals surface area contributed by atoms with E-state index in [4.69, 9.17) is 4.74 Å². The Labute approximate surface area is 142 Å². The predicted octanol–water partition coefficient (Wildman–Crippen LogP) is 1.76. The summed E-state index contributed by atoms with van der Waals surface area (Å²) in [4.78, 5) is 26.7. The Balaban J connectivity index is 1.97. The molecule has 0 aromatic heterocycles. The summed E-state index contributed by atoms with van der Waals surface area (Å²) in [6, 6.07) is 5.28. The van der Waals surface area contributed by atoms with Gasteiger partial charge in [0, 0.05) is 13.1 Å². The first kappa shape index (κ1) is 18.4. The molecule has 1 saturated heterocycles. The molecule has 1 heterocycles. The Kier molecular flexibility index (Phi) is 6.73. The first-order valence-corrected chi connectivity index (χ1v) is 8.36. The molecule has 1 aromatic carbocycles. The maximum atomic E-state index is 12.9. The number of benzene rings is 1. The molecule has 2 amide bonds. The maximum absolute atomic E-state index is 12.9. The van der Waals surface area contributed by atoms with Crippen molar-refractivity contribution in [3.05, 3.63) is 35.6 Å². The van der Waals surface area contributed by atoms with Gasteiger partial charge in [0.05, 0.1) is 19.6 Å².